The minimum atomic E-state index is -3.96. The molecule has 0 unspecified atom stereocenters. The van der Waals surface area contributed by atoms with E-state index in [9.17, 15) is 17.6 Å². The Morgan fingerprint density at radius 1 is 1.53 bits per heavy atom. The second-order valence-corrected chi connectivity index (χ2v) is 5.08. The number of ketones is 1. The number of rotatable bonds is 5. The molecule has 0 amide bonds. The van der Waals surface area contributed by atoms with Gasteiger partial charge in [-0.1, -0.05) is 6.08 Å². The molecule has 0 spiro atoms. The molecule has 0 aromatic heterocycles. The molecule has 0 radical (unpaired) electrons. The van der Waals surface area contributed by atoms with E-state index in [2.05, 4.69) is 11.3 Å². The van der Waals surface area contributed by atoms with Crippen LogP contribution in [-0.4, -0.2) is 20.7 Å². The van der Waals surface area contributed by atoms with E-state index in [0.717, 1.165) is 12.1 Å². The smallest absolute Gasteiger partial charge is 0.243 e. The van der Waals surface area contributed by atoms with Gasteiger partial charge in [0.15, 0.2) is 5.78 Å². The molecule has 0 fully saturated rings. The molecule has 0 bridgehead atoms. The fraction of sp³-hybridized carbons (Fsp3) is 0.182. The van der Waals surface area contributed by atoms with Crippen LogP contribution in [0.5, 0.6) is 0 Å². The maximum atomic E-state index is 13.4. The molecule has 0 atom stereocenters. The van der Waals surface area contributed by atoms with Gasteiger partial charge < -0.3 is 0 Å². The molecule has 1 aromatic rings. The third-order valence-electron chi connectivity index (χ3n) is 2.04. The zero-order valence-electron chi connectivity index (χ0n) is 9.23. The summed E-state index contributed by atoms with van der Waals surface area (Å²) in [6.07, 6.45) is 1.34. The van der Waals surface area contributed by atoms with Crippen LogP contribution in [0.1, 0.15) is 17.3 Å². The SMILES string of the molecule is C=CCNS(=O)(=O)c1cc(C(C)=O)ccc1F. The Morgan fingerprint density at radius 2 is 2.18 bits per heavy atom. The van der Waals surface area contributed by atoms with Crippen LogP contribution >= 0.6 is 0 Å². The van der Waals surface area contributed by atoms with Crippen LogP contribution in [0.4, 0.5) is 4.39 Å². The van der Waals surface area contributed by atoms with Gasteiger partial charge in [0, 0.05) is 12.1 Å². The molecule has 0 heterocycles. The maximum absolute atomic E-state index is 13.4. The molecule has 0 saturated carbocycles. The van der Waals surface area contributed by atoms with Crippen molar-refractivity contribution in [2.45, 2.75) is 11.8 Å². The average molecular weight is 257 g/mol. The highest BCUT2D eigenvalue weighted by Crippen LogP contribution is 2.16. The Balaban J connectivity index is 3.25. The minimum Gasteiger partial charge on any atom is -0.295 e. The van der Waals surface area contributed by atoms with Crippen LogP contribution in [0.25, 0.3) is 0 Å². The summed E-state index contributed by atoms with van der Waals surface area (Å²) in [6.45, 7) is 4.62. The van der Waals surface area contributed by atoms with E-state index in [4.69, 9.17) is 0 Å². The van der Waals surface area contributed by atoms with E-state index >= 15 is 0 Å². The Kier molecular flexibility index (Phi) is 4.14. The summed E-state index contributed by atoms with van der Waals surface area (Å²) in [5, 5.41) is 0. The summed E-state index contributed by atoms with van der Waals surface area (Å²) in [7, 11) is -3.96. The Labute approximate surface area is 99.2 Å². The Morgan fingerprint density at radius 3 is 2.71 bits per heavy atom. The van der Waals surface area contributed by atoms with Crippen LogP contribution in [0.15, 0.2) is 35.7 Å². The third-order valence-corrected chi connectivity index (χ3v) is 3.48. The zero-order chi connectivity index (χ0) is 13.1. The summed E-state index contributed by atoms with van der Waals surface area (Å²) in [5.41, 5.74) is 0.144. The molecule has 6 heteroatoms. The van der Waals surface area contributed by atoms with Crippen LogP contribution in [0.2, 0.25) is 0 Å². The predicted molar refractivity (Wildman–Crippen MR) is 61.8 cm³/mol. The highest BCUT2D eigenvalue weighted by atomic mass is 32.2. The molecule has 1 N–H and O–H groups in total. The van der Waals surface area contributed by atoms with Crippen molar-refractivity contribution in [3.8, 4) is 0 Å². The maximum Gasteiger partial charge on any atom is 0.243 e. The lowest BCUT2D eigenvalue weighted by Gasteiger charge is -2.07. The number of nitrogens with one attached hydrogen (secondary N) is 1. The van der Waals surface area contributed by atoms with E-state index in [1.165, 1.54) is 19.1 Å². The lowest BCUT2D eigenvalue weighted by Crippen LogP contribution is -2.24. The van der Waals surface area contributed by atoms with Crippen molar-refractivity contribution in [2.24, 2.45) is 0 Å². The van der Waals surface area contributed by atoms with Gasteiger partial charge in [-0.25, -0.2) is 17.5 Å². The molecule has 1 aromatic carbocycles. The lowest BCUT2D eigenvalue weighted by molar-refractivity contribution is 0.101. The fourth-order valence-electron chi connectivity index (χ4n) is 1.17. The number of Topliss-reactive ketones (excluding diaryl/α,β-unsaturated/α-hetero) is 1. The second-order valence-electron chi connectivity index (χ2n) is 3.34. The van der Waals surface area contributed by atoms with Crippen molar-refractivity contribution >= 4 is 15.8 Å². The zero-order valence-corrected chi connectivity index (χ0v) is 10.1. The summed E-state index contributed by atoms with van der Waals surface area (Å²) in [6, 6.07) is 3.21. The summed E-state index contributed by atoms with van der Waals surface area (Å²) >= 11 is 0. The molecular weight excluding hydrogens is 245 g/mol. The van der Waals surface area contributed by atoms with Crippen LogP contribution in [0, 0.1) is 5.82 Å². The number of benzene rings is 1. The first kappa shape index (κ1) is 13.5. The third kappa shape index (κ3) is 3.21. The van der Waals surface area contributed by atoms with Crippen molar-refractivity contribution in [3.63, 3.8) is 0 Å². The van der Waals surface area contributed by atoms with Gasteiger partial charge in [0.2, 0.25) is 10.0 Å². The van der Waals surface area contributed by atoms with E-state index in [-0.39, 0.29) is 17.9 Å². The Bertz CT molecular complexity index is 552. The molecule has 0 saturated heterocycles. The number of halogens is 1. The largest absolute Gasteiger partial charge is 0.295 e. The van der Waals surface area contributed by atoms with Gasteiger partial charge in [0.05, 0.1) is 0 Å². The number of hydrogen-bond donors (Lipinski definition) is 1. The van der Waals surface area contributed by atoms with Gasteiger partial charge in [-0.05, 0) is 25.1 Å². The van der Waals surface area contributed by atoms with Crippen LogP contribution in [-0.2, 0) is 10.0 Å². The first-order chi connectivity index (χ1) is 7.88. The molecule has 17 heavy (non-hydrogen) atoms. The standard InChI is InChI=1S/C11H12FNO3S/c1-3-6-13-17(15,16)11-7-9(8(2)14)4-5-10(11)12/h3-5,7,13H,1,6H2,2H3. The molecule has 4 nitrogen and oxygen atoms in total. The number of carbonyl (C=O) groups excluding carboxylic acids is 1. The van der Waals surface area contributed by atoms with E-state index in [0.29, 0.717) is 0 Å². The summed E-state index contributed by atoms with van der Waals surface area (Å²) in [5.74, 6) is -1.23. The number of hydrogen-bond acceptors (Lipinski definition) is 3. The van der Waals surface area contributed by atoms with Gasteiger partial charge >= 0.3 is 0 Å². The van der Waals surface area contributed by atoms with E-state index in [1.807, 2.05) is 0 Å². The normalized spacial score (nSPS) is 11.2. The van der Waals surface area contributed by atoms with E-state index in [1.54, 1.807) is 0 Å². The highest BCUT2D eigenvalue weighted by molar-refractivity contribution is 7.89. The van der Waals surface area contributed by atoms with Crippen molar-refractivity contribution in [2.75, 3.05) is 6.54 Å². The quantitative estimate of drug-likeness (QED) is 0.642. The topological polar surface area (TPSA) is 63.2 Å². The highest BCUT2D eigenvalue weighted by Gasteiger charge is 2.19. The van der Waals surface area contributed by atoms with Crippen molar-refractivity contribution in [3.05, 3.63) is 42.2 Å². The molecule has 0 aliphatic heterocycles. The molecule has 1 rings (SSSR count). The predicted octanol–water partition coefficient (Wildman–Crippen LogP) is 1.49. The molecule has 0 aliphatic carbocycles. The van der Waals surface area contributed by atoms with Crippen molar-refractivity contribution in [1.29, 1.82) is 0 Å². The lowest BCUT2D eigenvalue weighted by atomic mass is 10.1. The van der Waals surface area contributed by atoms with Gasteiger partial charge in [-0.2, -0.15) is 0 Å². The monoisotopic (exact) mass is 257 g/mol. The molecular formula is C11H12FNO3S. The Hall–Kier alpha value is -1.53. The van der Waals surface area contributed by atoms with Gasteiger partial charge in [0.1, 0.15) is 10.7 Å². The summed E-state index contributed by atoms with van der Waals surface area (Å²) < 4.78 is 38.9. The fourth-order valence-corrected chi connectivity index (χ4v) is 2.27. The van der Waals surface area contributed by atoms with E-state index < -0.39 is 20.7 Å². The van der Waals surface area contributed by atoms with Crippen LogP contribution in [0.3, 0.4) is 0 Å². The first-order valence-electron chi connectivity index (χ1n) is 4.79. The second kappa shape index (κ2) is 5.20. The van der Waals surface area contributed by atoms with Crippen molar-refractivity contribution < 1.29 is 17.6 Å². The van der Waals surface area contributed by atoms with Crippen LogP contribution < -0.4 is 4.72 Å². The molecule has 92 valence electrons. The van der Waals surface area contributed by atoms with Gasteiger partial charge in [0.25, 0.3) is 0 Å². The minimum absolute atomic E-state index is 0.00786. The first-order valence-corrected chi connectivity index (χ1v) is 6.28. The number of sulfonamides is 1. The van der Waals surface area contributed by atoms with Gasteiger partial charge in [-0.15, -0.1) is 6.58 Å². The van der Waals surface area contributed by atoms with Gasteiger partial charge in [-0.3, -0.25) is 4.79 Å². The summed E-state index contributed by atoms with van der Waals surface area (Å²) in [4.78, 5) is 10.6. The molecule has 0 aliphatic rings. The average Bonchev–Trinajstić information content (AvgIpc) is 2.26. The number of carbonyl (C=O) groups is 1. The van der Waals surface area contributed by atoms with Crippen molar-refractivity contribution in [1.82, 2.24) is 4.72 Å².